The van der Waals surface area contributed by atoms with Gasteiger partial charge in [0.1, 0.15) is 0 Å². The van der Waals surface area contributed by atoms with E-state index in [0.29, 0.717) is 13.1 Å². The van der Waals surface area contributed by atoms with Crippen molar-refractivity contribution in [2.75, 3.05) is 46.3 Å². The van der Waals surface area contributed by atoms with Crippen molar-refractivity contribution in [3.63, 3.8) is 0 Å². The van der Waals surface area contributed by atoms with Gasteiger partial charge in [0.15, 0.2) is 0 Å². The van der Waals surface area contributed by atoms with Gasteiger partial charge in [0, 0.05) is 39.3 Å². The van der Waals surface area contributed by atoms with Gasteiger partial charge in [0.25, 0.3) is 0 Å². The van der Waals surface area contributed by atoms with Crippen molar-refractivity contribution in [1.29, 1.82) is 0 Å². The molecule has 0 aromatic heterocycles. The molecule has 48 heavy (non-hydrogen) atoms. The van der Waals surface area contributed by atoms with Crippen LogP contribution in [0.3, 0.4) is 0 Å². The van der Waals surface area contributed by atoms with E-state index < -0.39 is 0 Å². The Morgan fingerprint density at radius 3 is 1.15 bits per heavy atom. The highest BCUT2D eigenvalue weighted by atomic mass is 16.3. The summed E-state index contributed by atoms with van der Waals surface area (Å²) in [7, 11) is 2.14. The van der Waals surface area contributed by atoms with Crippen molar-refractivity contribution in [2.24, 2.45) is 0 Å². The largest absolute Gasteiger partial charge is 0.392 e. The fraction of sp³-hybridized carbons (Fsp3) is 0.814. The van der Waals surface area contributed by atoms with Crippen molar-refractivity contribution < 1.29 is 10.2 Å². The summed E-state index contributed by atoms with van der Waals surface area (Å²) >= 11 is 0. The number of hydrogen-bond acceptors (Lipinski definition) is 5. The molecule has 0 amide bonds. The summed E-state index contributed by atoms with van der Waals surface area (Å²) in [6, 6.07) is 0. The van der Waals surface area contributed by atoms with Crippen LogP contribution in [0.25, 0.3) is 0 Å². The van der Waals surface area contributed by atoms with Crippen LogP contribution in [0.2, 0.25) is 0 Å². The number of allylic oxidation sites excluding steroid dienone is 8. The second-order valence-electron chi connectivity index (χ2n) is 14.1. The van der Waals surface area contributed by atoms with Gasteiger partial charge in [0.2, 0.25) is 0 Å². The van der Waals surface area contributed by atoms with Crippen LogP contribution >= 0.6 is 0 Å². The van der Waals surface area contributed by atoms with Crippen LogP contribution in [-0.4, -0.2) is 73.6 Å². The molecule has 0 saturated carbocycles. The van der Waals surface area contributed by atoms with E-state index in [1.165, 1.54) is 116 Å². The fourth-order valence-corrected chi connectivity index (χ4v) is 5.78. The highest BCUT2D eigenvalue weighted by Crippen LogP contribution is 2.10. The molecule has 0 aromatic rings. The Bertz CT molecular complexity index is 676. The van der Waals surface area contributed by atoms with Gasteiger partial charge in [-0.05, 0) is 84.1 Å². The predicted molar refractivity (Wildman–Crippen MR) is 214 cm³/mol. The van der Waals surface area contributed by atoms with Gasteiger partial charge in [-0.1, -0.05) is 140 Å². The van der Waals surface area contributed by atoms with Crippen LogP contribution in [0.5, 0.6) is 0 Å². The molecule has 0 fully saturated rings. The van der Waals surface area contributed by atoms with Crippen molar-refractivity contribution in [3.05, 3.63) is 48.6 Å². The zero-order chi connectivity index (χ0) is 35.0. The molecule has 2 atom stereocenters. The topological polar surface area (TPSA) is 67.8 Å². The Labute approximate surface area is 300 Å². The maximum atomic E-state index is 10.3. The first-order chi connectivity index (χ1) is 23.6. The summed E-state index contributed by atoms with van der Waals surface area (Å²) in [5.41, 5.74) is 0. The lowest BCUT2D eigenvalue weighted by Crippen LogP contribution is -2.38. The summed E-state index contributed by atoms with van der Waals surface area (Å²) in [4.78, 5) is 2.30. The Kier molecular flexibility index (Phi) is 39.2. The summed E-state index contributed by atoms with van der Waals surface area (Å²) in [6.07, 6.45) is 47.2. The van der Waals surface area contributed by atoms with Crippen molar-refractivity contribution in [1.82, 2.24) is 15.5 Å². The van der Waals surface area contributed by atoms with Crippen LogP contribution in [0.15, 0.2) is 48.6 Å². The molecular weight excluding hydrogens is 590 g/mol. The molecule has 0 saturated heterocycles. The van der Waals surface area contributed by atoms with Crippen LogP contribution in [0.1, 0.15) is 168 Å². The number of aliphatic hydroxyl groups is 2. The van der Waals surface area contributed by atoms with Crippen LogP contribution in [0, 0.1) is 0 Å². The zero-order valence-electron chi connectivity index (χ0n) is 32.3. The SMILES string of the molecule is CCCCCC/C=C\C/C=C\CCCCCCC(O)CNCCN(C)CCNCC(O)CCCCCC/C=C\C/C=C\CCCCCC. The highest BCUT2D eigenvalue weighted by Gasteiger charge is 2.06. The molecule has 282 valence electrons. The van der Waals surface area contributed by atoms with E-state index in [9.17, 15) is 10.2 Å². The minimum absolute atomic E-state index is 0.244. The van der Waals surface area contributed by atoms with Crippen molar-refractivity contribution >= 4 is 0 Å². The predicted octanol–water partition coefficient (Wildman–Crippen LogP) is 10.4. The first-order valence-corrected chi connectivity index (χ1v) is 20.7. The van der Waals surface area contributed by atoms with Gasteiger partial charge >= 0.3 is 0 Å². The highest BCUT2D eigenvalue weighted by molar-refractivity contribution is 4.93. The van der Waals surface area contributed by atoms with Gasteiger partial charge in [-0.25, -0.2) is 0 Å². The second kappa shape index (κ2) is 40.2. The quantitative estimate of drug-likeness (QED) is 0.0388. The van der Waals surface area contributed by atoms with Gasteiger partial charge in [-0.3, -0.25) is 0 Å². The molecule has 0 aliphatic rings. The smallest absolute Gasteiger partial charge is 0.0664 e. The minimum Gasteiger partial charge on any atom is -0.392 e. The average molecular weight is 674 g/mol. The van der Waals surface area contributed by atoms with Gasteiger partial charge in [-0.2, -0.15) is 0 Å². The lowest BCUT2D eigenvalue weighted by atomic mass is 10.1. The third kappa shape index (κ3) is 39.2. The lowest BCUT2D eigenvalue weighted by molar-refractivity contribution is 0.154. The molecule has 4 N–H and O–H groups in total. The molecule has 0 aliphatic carbocycles. The van der Waals surface area contributed by atoms with Gasteiger partial charge in [-0.15, -0.1) is 0 Å². The monoisotopic (exact) mass is 674 g/mol. The lowest BCUT2D eigenvalue weighted by Gasteiger charge is -2.19. The number of nitrogens with zero attached hydrogens (tertiary/aromatic N) is 1. The van der Waals surface area contributed by atoms with E-state index in [0.717, 1.165) is 64.7 Å². The zero-order valence-corrected chi connectivity index (χ0v) is 32.3. The number of aliphatic hydroxyl groups excluding tert-OH is 2. The summed E-state index contributed by atoms with van der Waals surface area (Å²) in [6.45, 7) is 9.60. The molecule has 0 bridgehead atoms. The molecule has 2 unspecified atom stereocenters. The fourth-order valence-electron chi connectivity index (χ4n) is 5.78. The summed E-state index contributed by atoms with van der Waals surface area (Å²) < 4.78 is 0. The second-order valence-corrected chi connectivity index (χ2v) is 14.1. The number of unbranched alkanes of at least 4 members (excludes halogenated alkanes) is 16. The van der Waals surface area contributed by atoms with Gasteiger partial charge in [0.05, 0.1) is 12.2 Å². The molecule has 0 spiro atoms. The number of nitrogens with one attached hydrogen (secondary N) is 2. The number of hydrogen-bond donors (Lipinski definition) is 4. The van der Waals surface area contributed by atoms with E-state index in [1.807, 2.05) is 0 Å². The van der Waals surface area contributed by atoms with E-state index in [2.05, 4.69) is 85.0 Å². The normalized spacial score (nSPS) is 13.8. The molecule has 5 nitrogen and oxygen atoms in total. The maximum Gasteiger partial charge on any atom is 0.0664 e. The summed E-state index contributed by atoms with van der Waals surface area (Å²) in [5, 5.41) is 27.4. The Hall–Kier alpha value is -1.24. The molecule has 0 aromatic carbocycles. The average Bonchev–Trinajstić information content (AvgIpc) is 3.08. The van der Waals surface area contributed by atoms with E-state index >= 15 is 0 Å². The van der Waals surface area contributed by atoms with E-state index in [4.69, 9.17) is 0 Å². The summed E-state index contributed by atoms with van der Waals surface area (Å²) in [5.74, 6) is 0. The first kappa shape index (κ1) is 46.8. The van der Waals surface area contributed by atoms with Crippen molar-refractivity contribution in [2.45, 2.75) is 180 Å². The van der Waals surface area contributed by atoms with Crippen LogP contribution in [0.4, 0.5) is 0 Å². The molecule has 0 aliphatic heterocycles. The molecule has 0 heterocycles. The Morgan fingerprint density at radius 2 is 0.792 bits per heavy atom. The van der Waals surface area contributed by atoms with E-state index in [1.54, 1.807) is 0 Å². The van der Waals surface area contributed by atoms with Crippen LogP contribution < -0.4 is 10.6 Å². The molecule has 0 radical (unpaired) electrons. The number of rotatable bonds is 38. The third-order valence-corrected chi connectivity index (χ3v) is 9.08. The van der Waals surface area contributed by atoms with Gasteiger partial charge < -0.3 is 25.7 Å². The Morgan fingerprint density at radius 1 is 0.458 bits per heavy atom. The third-order valence-electron chi connectivity index (χ3n) is 9.08. The van der Waals surface area contributed by atoms with Crippen LogP contribution in [-0.2, 0) is 0 Å². The molecule has 5 heteroatoms. The minimum atomic E-state index is -0.244. The van der Waals surface area contributed by atoms with E-state index in [-0.39, 0.29) is 12.2 Å². The molecular formula is C43H83N3O2. The first-order valence-electron chi connectivity index (χ1n) is 20.7. The van der Waals surface area contributed by atoms with Crippen molar-refractivity contribution in [3.8, 4) is 0 Å². The Balaban J connectivity index is 3.46. The molecule has 0 rings (SSSR count). The maximum absolute atomic E-state index is 10.3. The number of likely N-dealkylation sites (N-methyl/N-ethyl adjacent to an activating group) is 1. The standard InChI is InChI=1S/C43H83N3O2/c1-4-6-8-10-12-14-16-18-20-22-24-26-28-30-32-34-42(47)40-44-36-38-46(3)39-37-45-41-43(48)35-33-31-29-27-25-23-21-19-17-15-13-11-9-7-5-2/h14-17,20-23,42-45,47-48H,4-13,18-19,24-41H2,1-3H3/b16-14-,17-15-,22-20-,23-21-.